The van der Waals surface area contributed by atoms with Gasteiger partial charge in [-0.3, -0.25) is 28.5 Å². The van der Waals surface area contributed by atoms with E-state index in [9.17, 15) is 33.8 Å². The smallest absolute Gasteiger partial charge is 0.342 e. The SMILES string of the molecule is COC(=O)[C@H](C)NP(=O)(N[C@@H](C)C(=O)OC)OC[C@@](C#N)(OC)[C@@H](OC(=O)C(C)C)[C@@H](OC(=O)C(C)C)c1ccc2c(NC(=O)C(C)C)ncnn12. The van der Waals surface area contributed by atoms with E-state index in [0.717, 1.165) is 27.7 Å². The van der Waals surface area contributed by atoms with Crippen molar-refractivity contribution in [3.63, 3.8) is 0 Å². The van der Waals surface area contributed by atoms with E-state index in [2.05, 4.69) is 25.6 Å². The highest BCUT2D eigenvalue weighted by Crippen LogP contribution is 2.43. The van der Waals surface area contributed by atoms with Gasteiger partial charge in [-0.15, -0.1) is 0 Å². The molecule has 52 heavy (non-hydrogen) atoms. The monoisotopic (exact) mass is 753 g/mol. The number of anilines is 1. The summed E-state index contributed by atoms with van der Waals surface area (Å²) in [6.45, 7) is 11.2. The van der Waals surface area contributed by atoms with Crippen LogP contribution in [0.3, 0.4) is 0 Å². The summed E-state index contributed by atoms with van der Waals surface area (Å²) in [7, 11) is -1.24. The Balaban J connectivity index is 2.84. The highest BCUT2D eigenvalue weighted by molar-refractivity contribution is 7.54. The van der Waals surface area contributed by atoms with Gasteiger partial charge in [0.2, 0.25) is 11.5 Å². The molecule has 288 valence electrons. The lowest BCUT2D eigenvalue weighted by atomic mass is 9.92. The molecule has 20 heteroatoms. The third kappa shape index (κ3) is 10.8. The maximum Gasteiger partial charge on any atom is 0.342 e. The number of nitrogens with one attached hydrogen (secondary N) is 3. The number of methoxy groups -OCH3 is 3. The number of esters is 4. The van der Waals surface area contributed by atoms with Gasteiger partial charge < -0.3 is 33.5 Å². The molecule has 2 aromatic rings. The second-order valence-electron chi connectivity index (χ2n) is 12.6. The van der Waals surface area contributed by atoms with Crippen molar-refractivity contribution in [3.05, 3.63) is 24.2 Å². The second kappa shape index (κ2) is 18.9. The summed E-state index contributed by atoms with van der Waals surface area (Å²) in [5.74, 6) is -5.40. The van der Waals surface area contributed by atoms with Crippen molar-refractivity contribution >= 4 is 48.8 Å². The van der Waals surface area contributed by atoms with E-state index in [1.165, 1.54) is 44.3 Å². The molecule has 0 aliphatic rings. The number of nitriles is 1. The highest BCUT2D eigenvalue weighted by atomic mass is 31.2. The molecule has 0 saturated heterocycles. The molecule has 19 nitrogen and oxygen atoms in total. The first-order valence-electron chi connectivity index (χ1n) is 16.3. The minimum absolute atomic E-state index is 0.0581. The van der Waals surface area contributed by atoms with Crippen LogP contribution in [-0.4, -0.2) is 96.1 Å². The lowest BCUT2D eigenvalue weighted by Gasteiger charge is -2.38. The molecule has 3 N–H and O–H groups in total. The average molecular weight is 754 g/mol. The third-order valence-corrected chi connectivity index (χ3v) is 9.50. The molecule has 0 unspecified atom stereocenters. The predicted molar refractivity (Wildman–Crippen MR) is 183 cm³/mol. The summed E-state index contributed by atoms with van der Waals surface area (Å²) in [6, 6.07) is 2.38. The van der Waals surface area contributed by atoms with Gasteiger partial charge in [-0.2, -0.15) is 10.4 Å². The Kier molecular flexibility index (Phi) is 15.8. The van der Waals surface area contributed by atoms with Gasteiger partial charge in [0, 0.05) is 13.0 Å². The van der Waals surface area contributed by atoms with Crippen molar-refractivity contribution in [1.29, 1.82) is 5.26 Å². The predicted octanol–water partition coefficient (Wildman–Crippen LogP) is 2.47. The fourth-order valence-corrected chi connectivity index (χ4v) is 6.22. The van der Waals surface area contributed by atoms with Crippen molar-refractivity contribution < 1.29 is 56.7 Å². The Morgan fingerprint density at radius 1 is 0.846 bits per heavy atom. The molecule has 0 spiro atoms. The molecule has 0 aromatic carbocycles. The fourth-order valence-electron chi connectivity index (χ4n) is 4.39. The number of aromatic nitrogens is 3. The largest absolute Gasteiger partial charge is 0.468 e. The lowest BCUT2D eigenvalue weighted by molar-refractivity contribution is -0.197. The van der Waals surface area contributed by atoms with E-state index in [-0.39, 0.29) is 22.9 Å². The minimum atomic E-state index is -4.53. The van der Waals surface area contributed by atoms with E-state index >= 15 is 0 Å². The summed E-state index contributed by atoms with van der Waals surface area (Å²) in [5, 5.41) is 22.7. The molecule has 0 aliphatic heterocycles. The van der Waals surface area contributed by atoms with Gasteiger partial charge in [0.15, 0.2) is 18.0 Å². The van der Waals surface area contributed by atoms with Gasteiger partial charge in [0.1, 0.15) is 36.6 Å². The van der Waals surface area contributed by atoms with Crippen LogP contribution >= 0.6 is 7.67 Å². The molecule has 0 bridgehead atoms. The Morgan fingerprint density at radius 3 is 1.85 bits per heavy atom. The van der Waals surface area contributed by atoms with Crippen molar-refractivity contribution in [2.75, 3.05) is 33.3 Å². The number of fused-ring (bicyclic) bond motifs is 1. The van der Waals surface area contributed by atoms with E-state index in [1.54, 1.807) is 27.7 Å². The maximum atomic E-state index is 14.2. The maximum absolute atomic E-state index is 14.2. The summed E-state index contributed by atoms with van der Waals surface area (Å²) >= 11 is 0. The van der Waals surface area contributed by atoms with Crippen LogP contribution < -0.4 is 15.5 Å². The van der Waals surface area contributed by atoms with Crippen LogP contribution in [0.2, 0.25) is 0 Å². The van der Waals surface area contributed by atoms with E-state index in [4.69, 9.17) is 28.2 Å². The fraction of sp³-hybridized carbons (Fsp3) is 0.625. The van der Waals surface area contributed by atoms with Gasteiger partial charge in [0.05, 0.1) is 31.7 Å². The van der Waals surface area contributed by atoms with Crippen LogP contribution in [0.5, 0.6) is 0 Å². The molecule has 2 aromatic heterocycles. The molecule has 0 aliphatic carbocycles. The van der Waals surface area contributed by atoms with Crippen LogP contribution in [0.1, 0.15) is 67.2 Å². The normalized spacial score (nSPS) is 15.2. The van der Waals surface area contributed by atoms with Crippen molar-refractivity contribution in [3.8, 4) is 6.07 Å². The summed E-state index contributed by atoms with van der Waals surface area (Å²) in [4.78, 5) is 67.9. The van der Waals surface area contributed by atoms with Gasteiger partial charge in [-0.05, 0) is 26.0 Å². The van der Waals surface area contributed by atoms with Gasteiger partial charge in [-0.1, -0.05) is 41.5 Å². The molecule has 0 saturated carbocycles. The molecule has 1 amide bonds. The zero-order valence-electron chi connectivity index (χ0n) is 31.1. The molecular weight excluding hydrogens is 705 g/mol. The van der Waals surface area contributed by atoms with Gasteiger partial charge in [-0.25, -0.2) is 19.7 Å². The molecule has 0 fully saturated rings. The topological polar surface area (TPSA) is 248 Å². The minimum Gasteiger partial charge on any atom is -0.468 e. The summed E-state index contributed by atoms with van der Waals surface area (Å²) in [6.07, 6.45) is -2.38. The zero-order chi connectivity index (χ0) is 39.6. The van der Waals surface area contributed by atoms with E-state index < -0.39 is 85.8 Å². The number of nitrogens with zero attached hydrogens (tertiary/aromatic N) is 4. The molecule has 2 rings (SSSR count). The number of carbonyl (C=O) groups is 5. The first-order valence-corrected chi connectivity index (χ1v) is 17.9. The van der Waals surface area contributed by atoms with Crippen LogP contribution in [0.15, 0.2) is 18.5 Å². The number of carbonyl (C=O) groups excluding carboxylic acids is 5. The second-order valence-corrected chi connectivity index (χ2v) is 14.5. The number of rotatable bonds is 19. The van der Waals surface area contributed by atoms with Crippen LogP contribution in [0.4, 0.5) is 5.82 Å². The molecule has 2 heterocycles. The zero-order valence-corrected chi connectivity index (χ0v) is 32.0. The van der Waals surface area contributed by atoms with E-state index in [1.807, 2.05) is 6.07 Å². The third-order valence-electron chi connectivity index (χ3n) is 7.55. The Labute approximate surface area is 301 Å². The number of hydrogen-bond donors (Lipinski definition) is 3. The number of ether oxygens (including phenoxy) is 5. The first kappa shape index (κ1) is 43.7. The van der Waals surface area contributed by atoms with Crippen molar-refractivity contribution in [1.82, 2.24) is 24.8 Å². The van der Waals surface area contributed by atoms with Crippen LogP contribution in [0, 0.1) is 29.1 Å². The van der Waals surface area contributed by atoms with Crippen molar-refractivity contribution in [2.24, 2.45) is 17.8 Å². The van der Waals surface area contributed by atoms with Crippen molar-refractivity contribution in [2.45, 2.75) is 85.3 Å². The molecule has 5 atom stereocenters. The Bertz CT molecular complexity index is 1660. The molecular formula is C32H48N7O12P. The lowest BCUT2D eigenvalue weighted by Crippen LogP contribution is -2.54. The quantitative estimate of drug-likeness (QED) is 0.106. The summed E-state index contributed by atoms with van der Waals surface area (Å²) in [5.41, 5.74) is -2.10. The van der Waals surface area contributed by atoms with E-state index in [0.29, 0.717) is 0 Å². The van der Waals surface area contributed by atoms with Gasteiger partial charge >= 0.3 is 31.5 Å². The summed E-state index contributed by atoms with van der Waals surface area (Å²) < 4.78 is 48.3. The van der Waals surface area contributed by atoms with Gasteiger partial charge in [0.25, 0.3) is 0 Å². The standard InChI is InChI=1S/C32H48N7O12P/c1-17(2)27(40)36-26-23-13-12-22(39(23)35-16-34-26)24(50-28(41)18(3)4)25(51-29(42)19(5)6)32(14-33,48-11)15-49-52(45,37-20(7)30(43)46-9)38-21(8)31(44)47-10/h12-13,16-21,24-25H,15H2,1-11H3,(H2,37,38,45)(H,34,35,36,40)/t20-,21-,24-,25-,32+/m0/s1. The Morgan fingerprint density at radius 2 is 1.38 bits per heavy atom. The number of amides is 1. The molecule has 0 radical (unpaired) electrons. The number of hydrogen-bond acceptors (Lipinski definition) is 15. The first-order chi connectivity index (χ1) is 24.3. The van der Waals surface area contributed by atoms with Crippen LogP contribution in [0.25, 0.3) is 5.52 Å². The average Bonchev–Trinajstić information content (AvgIpc) is 3.54. The Hall–Kier alpha value is -4.47. The van der Waals surface area contributed by atoms with Crippen LogP contribution in [-0.2, 0) is 56.7 Å². The highest BCUT2D eigenvalue weighted by Gasteiger charge is 2.52.